The number of esters is 2. The molecule has 1 aromatic rings. The molecule has 0 aromatic heterocycles. The van der Waals surface area contributed by atoms with Crippen LogP contribution in [0.25, 0.3) is 0 Å². The van der Waals surface area contributed by atoms with E-state index in [1.165, 1.54) is 0 Å². The van der Waals surface area contributed by atoms with Crippen molar-refractivity contribution in [2.45, 2.75) is 27.7 Å². The summed E-state index contributed by atoms with van der Waals surface area (Å²) in [6.07, 6.45) is 3.36. The quantitative estimate of drug-likeness (QED) is 0.479. The lowest BCUT2D eigenvalue weighted by atomic mass is 10.3. The number of hydrogen-bond donors (Lipinski definition) is 0. The van der Waals surface area contributed by atoms with Crippen LogP contribution in [-0.4, -0.2) is 11.9 Å². The molecule has 0 aliphatic heterocycles. The van der Waals surface area contributed by atoms with Gasteiger partial charge in [0.05, 0.1) is 0 Å². The first-order valence-corrected chi connectivity index (χ1v) is 6.28. The van der Waals surface area contributed by atoms with Gasteiger partial charge in [0, 0.05) is 11.1 Å². The van der Waals surface area contributed by atoms with E-state index < -0.39 is 11.9 Å². The van der Waals surface area contributed by atoms with Crippen molar-refractivity contribution in [2.24, 2.45) is 0 Å². The minimum atomic E-state index is -0.401. The molecule has 1 rings (SSSR count). The highest BCUT2D eigenvalue weighted by atomic mass is 16.5. The van der Waals surface area contributed by atoms with E-state index in [0.29, 0.717) is 22.6 Å². The van der Waals surface area contributed by atoms with Crippen molar-refractivity contribution >= 4 is 11.9 Å². The summed E-state index contributed by atoms with van der Waals surface area (Å²) in [6, 6.07) is 6.31. The Morgan fingerprint density at radius 1 is 0.800 bits per heavy atom. The average Bonchev–Trinajstić information content (AvgIpc) is 2.47. The zero-order valence-electron chi connectivity index (χ0n) is 12.1. The second kappa shape index (κ2) is 7.28. The van der Waals surface area contributed by atoms with Crippen LogP contribution >= 0.6 is 0 Å². The van der Waals surface area contributed by atoms with Gasteiger partial charge in [0.15, 0.2) is 0 Å². The first-order valence-electron chi connectivity index (χ1n) is 6.28. The van der Waals surface area contributed by atoms with Crippen molar-refractivity contribution < 1.29 is 19.1 Å². The van der Waals surface area contributed by atoms with E-state index in [4.69, 9.17) is 9.47 Å². The summed E-state index contributed by atoms with van der Waals surface area (Å²) in [4.78, 5) is 23.1. The Kier molecular flexibility index (Phi) is 5.72. The number of rotatable bonds is 4. The predicted octanol–water partition coefficient (Wildman–Crippen LogP) is 3.43. The molecule has 0 heterocycles. The summed E-state index contributed by atoms with van der Waals surface area (Å²) in [6.45, 7) is 6.89. The zero-order chi connectivity index (χ0) is 15.1. The summed E-state index contributed by atoms with van der Waals surface area (Å²) in [5.41, 5.74) is 1.06. The third-order valence-corrected chi connectivity index (χ3v) is 2.75. The predicted molar refractivity (Wildman–Crippen MR) is 76.6 cm³/mol. The molecule has 4 heteroatoms. The maximum absolute atomic E-state index is 11.6. The Morgan fingerprint density at radius 2 is 1.10 bits per heavy atom. The van der Waals surface area contributed by atoms with Gasteiger partial charge in [-0.15, -0.1) is 0 Å². The van der Waals surface area contributed by atoms with Gasteiger partial charge in [0.1, 0.15) is 11.5 Å². The second-order valence-corrected chi connectivity index (χ2v) is 4.19. The van der Waals surface area contributed by atoms with Crippen LogP contribution in [0.15, 0.2) is 47.6 Å². The third-order valence-electron chi connectivity index (χ3n) is 2.75. The van der Waals surface area contributed by atoms with Gasteiger partial charge in [0.25, 0.3) is 0 Å². The third kappa shape index (κ3) is 4.39. The molecule has 4 nitrogen and oxygen atoms in total. The minimum absolute atomic E-state index is 0.401. The van der Waals surface area contributed by atoms with E-state index in [9.17, 15) is 9.59 Å². The van der Waals surface area contributed by atoms with E-state index in [2.05, 4.69) is 0 Å². The second-order valence-electron chi connectivity index (χ2n) is 4.19. The number of benzene rings is 1. The lowest BCUT2D eigenvalue weighted by Gasteiger charge is -2.06. The molecule has 0 amide bonds. The number of carbonyl (C=O) groups excluding carboxylic acids is 2. The van der Waals surface area contributed by atoms with Crippen LogP contribution in [0.4, 0.5) is 0 Å². The Bertz CT molecular complexity index is 499. The Hall–Kier alpha value is -2.36. The van der Waals surface area contributed by atoms with Crippen LogP contribution in [-0.2, 0) is 9.59 Å². The van der Waals surface area contributed by atoms with Crippen LogP contribution in [0.3, 0.4) is 0 Å². The summed E-state index contributed by atoms with van der Waals surface area (Å²) in [5.74, 6) is 0.00141. The molecule has 0 radical (unpaired) electrons. The number of ether oxygens (including phenoxy) is 2. The normalized spacial score (nSPS) is 12.0. The van der Waals surface area contributed by atoms with Crippen molar-refractivity contribution in [3.63, 3.8) is 0 Å². The van der Waals surface area contributed by atoms with Gasteiger partial charge in [-0.3, -0.25) is 0 Å². The van der Waals surface area contributed by atoms with Gasteiger partial charge in [-0.05, 0) is 52.0 Å². The van der Waals surface area contributed by atoms with Gasteiger partial charge in [-0.2, -0.15) is 0 Å². The van der Waals surface area contributed by atoms with Crippen LogP contribution < -0.4 is 9.47 Å². The molecule has 0 saturated heterocycles. The van der Waals surface area contributed by atoms with Gasteiger partial charge < -0.3 is 9.47 Å². The Balaban J connectivity index is 2.70. The summed E-state index contributed by atoms with van der Waals surface area (Å²) >= 11 is 0. The fraction of sp³-hybridized carbons (Fsp3) is 0.250. The lowest BCUT2D eigenvalue weighted by molar-refractivity contribution is -0.131. The molecular weight excluding hydrogens is 256 g/mol. The average molecular weight is 274 g/mol. The minimum Gasteiger partial charge on any atom is -0.423 e. The molecule has 20 heavy (non-hydrogen) atoms. The van der Waals surface area contributed by atoms with Gasteiger partial charge >= 0.3 is 11.9 Å². The van der Waals surface area contributed by atoms with Gasteiger partial charge in [-0.25, -0.2) is 9.59 Å². The van der Waals surface area contributed by atoms with Gasteiger partial charge in [-0.1, -0.05) is 12.2 Å². The molecular formula is C16H18O4. The first-order chi connectivity index (χ1) is 9.47. The van der Waals surface area contributed by atoms with Crippen LogP contribution in [0.5, 0.6) is 11.5 Å². The fourth-order valence-corrected chi connectivity index (χ4v) is 1.19. The fourth-order valence-electron chi connectivity index (χ4n) is 1.19. The van der Waals surface area contributed by atoms with Crippen LogP contribution in [0.1, 0.15) is 27.7 Å². The standard InChI is InChI=1S/C16H18O4/c1-5-11(3)15(17)19-13-7-9-14(10-8-13)20-16(18)12(4)6-2/h5-10H,1-4H3. The SMILES string of the molecule is CC=C(C)C(=O)Oc1ccc(OC(=O)C(C)=CC)cc1. The maximum Gasteiger partial charge on any atom is 0.338 e. The number of allylic oxidation sites excluding steroid dienone is 2. The van der Waals surface area contributed by atoms with Crippen molar-refractivity contribution in [1.82, 2.24) is 0 Å². The first kappa shape index (κ1) is 15.7. The van der Waals surface area contributed by atoms with E-state index in [0.717, 1.165) is 0 Å². The molecule has 0 saturated carbocycles. The molecule has 1 aromatic carbocycles. The van der Waals surface area contributed by atoms with Crippen LogP contribution in [0, 0.1) is 0 Å². The van der Waals surface area contributed by atoms with E-state index in [-0.39, 0.29) is 0 Å². The summed E-state index contributed by atoms with van der Waals surface area (Å²) in [5, 5.41) is 0. The highest BCUT2D eigenvalue weighted by Gasteiger charge is 2.08. The highest BCUT2D eigenvalue weighted by Crippen LogP contribution is 2.19. The number of hydrogen-bond acceptors (Lipinski definition) is 4. The van der Waals surface area contributed by atoms with Gasteiger partial charge in [0.2, 0.25) is 0 Å². The highest BCUT2D eigenvalue weighted by molar-refractivity contribution is 5.90. The molecule has 0 aliphatic rings. The number of carbonyl (C=O) groups is 2. The van der Waals surface area contributed by atoms with Crippen molar-refractivity contribution in [1.29, 1.82) is 0 Å². The lowest BCUT2D eigenvalue weighted by Crippen LogP contribution is -2.10. The molecule has 106 valence electrons. The van der Waals surface area contributed by atoms with Crippen LogP contribution in [0.2, 0.25) is 0 Å². The Labute approximate surface area is 118 Å². The molecule has 0 N–H and O–H groups in total. The molecule has 0 unspecified atom stereocenters. The smallest absolute Gasteiger partial charge is 0.338 e. The molecule has 0 spiro atoms. The van der Waals surface area contributed by atoms with E-state index >= 15 is 0 Å². The van der Waals surface area contributed by atoms with Crippen molar-refractivity contribution in [2.75, 3.05) is 0 Å². The zero-order valence-corrected chi connectivity index (χ0v) is 12.1. The largest absolute Gasteiger partial charge is 0.423 e. The van der Waals surface area contributed by atoms with Crippen molar-refractivity contribution in [3.8, 4) is 11.5 Å². The molecule has 0 fully saturated rings. The summed E-state index contributed by atoms with van der Waals surface area (Å²) in [7, 11) is 0. The summed E-state index contributed by atoms with van der Waals surface area (Å²) < 4.78 is 10.3. The van der Waals surface area contributed by atoms with E-state index in [1.54, 1.807) is 64.1 Å². The van der Waals surface area contributed by atoms with Crippen molar-refractivity contribution in [3.05, 3.63) is 47.6 Å². The topological polar surface area (TPSA) is 52.6 Å². The Morgan fingerprint density at radius 3 is 1.35 bits per heavy atom. The maximum atomic E-state index is 11.6. The van der Waals surface area contributed by atoms with E-state index in [1.807, 2.05) is 0 Å². The molecule has 0 atom stereocenters. The molecule has 0 aliphatic carbocycles. The molecule has 0 bridgehead atoms. The monoisotopic (exact) mass is 274 g/mol.